The summed E-state index contributed by atoms with van der Waals surface area (Å²) in [6, 6.07) is 9.13. The van der Waals surface area contributed by atoms with Crippen molar-refractivity contribution in [2.45, 2.75) is 0 Å². The van der Waals surface area contributed by atoms with Crippen molar-refractivity contribution in [3.63, 3.8) is 0 Å². The summed E-state index contributed by atoms with van der Waals surface area (Å²) in [5.41, 5.74) is 0.738. The molecule has 1 aliphatic rings. The third-order valence-corrected chi connectivity index (χ3v) is 4.53. The number of carbonyl (C=O) groups is 1. The number of anilines is 1. The molecule has 1 aliphatic heterocycles. The van der Waals surface area contributed by atoms with Crippen LogP contribution in [0.3, 0.4) is 0 Å². The SMILES string of the molecule is O=C(Nc1nc2cc3c(cc2s1)OCCO3)c1cccc([N+](=O)[O-])c1. The Balaban J connectivity index is 1.61. The molecule has 8 nitrogen and oxygen atoms in total. The maximum atomic E-state index is 12.3. The quantitative estimate of drug-likeness (QED) is 0.570. The van der Waals surface area contributed by atoms with Gasteiger partial charge in [0.05, 0.1) is 15.1 Å². The number of nitrogens with zero attached hydrogens (tertiary/aromatic N) is 2. The van der Waals surface area contributed by atoms with Crippen molar-refractivity contribution in [3.8, 4) is 11.5 Å². The highest BCUT2D eigenvalue weighted by Crippen LogP contribution is 2.37. The number of thiazole rings is 1. The molecular weight excluding hydrogens is 346 g/mol. The molecule has 0 bridgehead atoms. The van der Waals surface area contributed by atoms with Crippen molar-refractivity contribution in [1.29, 1.82) is 0 Å². The molecule has 0 unspecified atom stereocenters. The van der Waals surface area contributed by atoms with Gasteiger partial charge in [-0.2, -0.15) is 0 Å². The number of nitro benzene ring substituents is 1. The standard InChI is InChI=1S/C16H11N3O5S/c20-15(9-2-1-3-10(6-9)19(21)22)18-16-17-11-7-12-13(8-14(11)25-16)24-5-4-23-12/h1-3,6-8H,4-5H2,(H,17,18,20). The highest BCUT2D eigenvalue weighted by Gasteiger charge is 2.17. The Morgan fingerprint density at radius 1 is 1.20 bits per heavy atom. The Hall–Kier alpha value is -3.20. The zero-order valence-electron chi connectivity index (χ0n) is 12.7. The second-order valence-corrected chi connectivity index (χ2v) is 6.27. The van der Waals surface area contributed by atoms with Gasteiger partial charge in [-0.1, -0.05) is 17.4 Å². The molecule has 126 valence electrons. The fourth-order valence-electron chi connectivity index (χ4n) is 2.45. The maximum absolute atomic E-state index is 12.3. The van der Waals surface area contributed by atoms with Crippen LogP contribution in [0.25, 0.3) is 10.2 Å². The lowest BCUT2D eigenvalue weighted by Crippen LogP contribution is -2.15. The van der Waals surface area contributed by atoms with E-state index in [0.717, 1.165) is 4.70 Å². The molecule has 0 radical (unpaired) electrons. The molecule has 0 spiro atoms. The smallest absolute Gasteiger partial charge is 0.270 e. The maximum Gasteiger partial charge on any atom is 0.270 e. The lowest BCUT2D eigenvalue weighted by atomic mass is 10.2. The Morgan fingerprint density at radius 2 is 1.96 bits per heavy atom. The Kier molecular flexibility index (Phi) is 3.69. The summed E-state index contributed by atoms with van der Waals surface area (Å²) in [7, 11) is 0. The largest absolute Gasteiger partial charge is 0.486 e. The minimum absolute atomic E-state index is 0.140. The zero-order valence-corrected chi connectivity index (χ0v) is 13.5. The summed E-state index contributed by atoms with van der Waals surface area (Å²) < 4.78 is 11.9. The number of hydrogen-bond acceptors (Lipinski definition) is 7. The first-order valence-corrected chi connectivity index (χ1v) is 8.18. The van der Waals surface area contributed by atoms with Crippen molar-refractivity contribution >= 4 is 38.3 Å². The molecule has 0 saturated heterocycles. The lowest BCUT2D eigenvalue weighted by molar-refractivity contribution is -0.384. The van der Waals surface area contributed by atoms with Crippen LogP contribution in [0.1, 0.15) is 10.4 Å². The number of ether oxygens (including phenoxy) is 2. The van der Waals surface area contributed by atoms with Crippen molar-refractivity contribution < 1.29 is 19.2 Å². The Bertz CT molecular complexity index is 958. The third-order valence-electron chi connectivity index (χ3n) is 3.59. The molecule has 1 aromatic heterocycles. The first-order chi connectivity index (χ1) is 12.1. The summed E-state index contributed by atoms with van der Waals surface area (Å²) in [5.74, 6) is 0.819. The number of fused-ring (bicyclic) bond motifs is 2. The summed E-state index contributed by atoms with van der Waals surface area (Å²) in [6.07, 6.45) is 0. The van der Waals surface area contributed by atoms with E-state index in [1.807, 2.05) is 6.07 Å². The fraction of sp³-hybridized carbons (Fsp3) is 0.125. The zero-order chi connectivity index (χ0) is 17.4. The Morgan fingerprint density at radius 3 is 2.72 bits per heavy atom. The van der Waals surface area contributed by atoms with Gasteiger partial charge in [0.15, 0.2) is 16.6 Å². The molecular formula is C16H11N3O5S. The number of nitrogens with one attached hydrogen (secondary N) is 1. The molecule has 0 saturated carbocycles. The molecule has 2 aromatic carbocycles. The van der Waals surface area contributed by atoms with Gasteiger partial charge in [-0.15, -0.1) is 0 Å². The molecule has 25 heavy (non-hydrogen) atoms. The van der Waals surface area contributed by atoms with Crippen LogP contribution in [0.15, 0.2) is 36.4 Å². The number of benzene rings is 2. The average Bonchev–Trinajstić information content (AvgIpc) is 3.00. The van der Waals surface area contributed by atoms with E-state index >= 15 is 0 Å². The number of non-ortho nitro benzene ring substituents is 1. The van der Waals surface area contributed by atoms with E-state index in [2.05, 4.69) is 10.3 Å². The van der Waals surface area contributed by atoms with Crippen LogP contribution >= 0.6 is 11.3 Å². The molecule has 3 aromatic rings. The van der Waals surface area contributed by atoms with E-state index in [4.69, 9.17) is 9.47 Å². The van der Waals surface area contributed by atoms with E-state index in [9.17, 15) is 14.9 Å². The van der Waals surface area contributed by atoms with Crippen molar-refractivity contribution in [2.24, 2.45) is 0 Å². The minimum Gasteiger partial charge on any atom is -0.486 e. The normalized spacial score (nSPS) is 12.8. The predicted molar refractivity (Wildman–Crippen MR) is 91.7 cm³/mol. The van der Waals surface area contributed by atoms with Crippen molar-refractivity contribution in [3.05, 3.63) is 52.1 Å². The highest BCUT2D eigenvalue weighted by atomic mass is 32.1. The molecule has 0 aliphatic carbocycles. The number of rotatable bonds is 3. The van der Waals surface area contributed by atoms with Crippen LogP contribution < -0.4 is 14.8 Å². The second kappa shape index (κ2) is 6.02. The summed E-state index contributed by atoms with van der Waals surface area (Å²) in [4.78, 5) is 26.9. The predicted octanol–water partition coefficient (Wildman–Crippen LogP) is 3.23. The molecule has 4 rings (SSSR count). The molecule has 2 heterocycles. The van der Waals surface area contributed by atoms with Crippen LogP contribution in [0.2, 0.25) is 0 Å². The van der Waals surface area contributed by atoms with Gasteiger partial charge in [-0.05, 0) is 6.07 Å². The second-order valence-electron chi connectivity index (χ2n) is 5.24. The van der Waals surface area contributed by atoms with E-state index in [0.29, 0.717) is 35.4 Å². The number of carbonyl (C=O) groups excluding carboxylic acids is 1. The van der Waals surface area contributed by atoms with Crippen LogP contribution in [-0.2, 0) is 0 Å². The topological polar surface area (TPSA) is 104 Å². The molecule has 0 fully saturated rings. The molecule has 1 N–H and O–H groups in total. The van der Waals surface area contributed by atoms with Gasteiger partial charge in [0.2, 0.25) is 0 Å². The number of amides is 1. The Labute approximate surface area is 145 Å². The first kappa shape index (κ1) is 15.3. The minimum atomic E-state index is -0.543. The number of hydrogen-bond donors (Lipinski definition) is 1. The van der Waals surface area contributed by atoms with Crippen molar-refractivity contribution in [1.82, 2.24) is 4.98 Å². The number of aromatic nitrogens is 1. The highest BCUT2D eigenvalue weighted by molar-refractivity contribution is 7.22. The average molecular weight is 357 g/mol. The first-order valence-electron chi connectivity index (χ1n) is 7.36. The third kappa shape index (κ3) is 2.96. The summed E-state index contributed by atoms with van der Waals surface area (Å²) >= 11 is 1.29. The fourth-order valence-corrected chi connectivity index (χ4v) is 3.32. The van der Waals surface area contributed by atoms with Gasteiger partial charge < -0.3 is 9.47 Å². The van der Waals surface area contributed by atoms with E-state index in [1.165, 1.54) is 35.6 Å². The van der Waals surface area contributed by atoms with Gasteiger partial charge in [-0.3, -0.25) is 20.2 Å². The number of nitro groups is 1. The lowest BCUT2D eigenvalue weighted by Gasteiger charge is -2.17. The van der Waals surface area contributed by atoms with Gasteiger partial charge >= 0.3 is 0 Å². The van der Waals surface area contributed by atoms with Gasteiger partial charge in [-0.25, -0.2) is 4.98 Å². The molecule has 1 amide bonds. The van der Waals surface area contributed by atoms with Gasteiger partial charge in [0, 0.05) is 29.8 Å². The monoisotopic (exact) mass is 357 g/mol. The van der Waals surface area contributed by atoms with Crippen molar-refractivity contribution in [2.75, 3.05) is 18.5 Å². The van der Waals surface area contributed by atoms with Gasteiger partial charge in [0.1, 0.15) is 13.2 Å². The summed E-state index contributed by atoms with van der Waals surface area (Å²) in [6.45, 7) is 0.979. The van der Waals surface area contributed by atoms with E-state index in [1.54, 1.807) is 6.07 Å². The van der Waals surface area contributed by atoms with Crippen LogP contribution in [0.5, 0.6) is 11.5 Å². The van der Waals surface area contributed by atoms with E-state index in [-0.39, 0.29) is 11.3 Å². The van der Waals surface area contributed by atoms with E-state index < -0.39 is 10.8 Å². The van der Waals surface area contributed by atoms with Crippen LogP contribution in [0, 0.1) is 10.1 Å². The molecule has 0 atom stereocenters. The summed E-state index contributed by atoms with van der Waals surface area (Å²) in [5, 5.41) is 13.9. The molecule has 9 heteroatoms. The van der Waals surface area contributed by atoms with Crippen LogP contribution in [0.4, 0.5) is 10.8 Å². The van der Waals surface area contributed by atoms with Crippen LogP contribution in [-0.4, -0.2) is 29.0 Å². The van der Waals surface area contributed by atoms with Gasteiger partial charge in [0.25, 0.3) is 11.6 Å².